The predicted octanol–water partition coefficient (Wildman–Crippen LogP) is 7.14. The lowest BCUT2D eigenvalue weighted by Gasteiger charge is -2.59. The number of allylic oxidation sites excluding steroid dienone is 1. The topological polar surface area (TPSA) is 40.5 Å². The largest absolute Gasteiger partial charge is 0.393 e. The maximum atomic E-state index is 10.7. The second-order valence-electron chi connectivity index (χ2n) is 14.1. The number of fused-ring (bicyclic) bond motifs is 5. The summed E-state index contributed by atoms with van der Waals surface area (Å²) in [5.41, 5.74) is 1.88. The zero-order valence-electron chi connectivity index (χ0n) is 21.5. The van der Waals surface area contributed by atoms with Gasteiger partial charge in [-0.25, -0.2) is 0 Å². The van der Waals surface area contributed by atoms with Crippen LogP contribution in [0, 0.1) is 45.8 Å². The Morgan fingerprint density at radius 3 is 2.39 bits per heavy atom. The van der Waals surface area contributed by atoms with E-state index in [1.807, 2.05) is 6.92 Å². The molecule has 0 amide bonds. The molecule has 0 spiro atoms. The summed E-state index contributed by atoms with van der Waals surface area (Å²) in [5, 5.41) is 21.3. The highest BCUT2D eigenvalue weighted by Crippen LogP contribution is 2.67. The average Bonchev–Trinajstić information content (AvgIpc) is 3.02. The summed E-state index contributed by atoms with van der Waals surface area (Å²) in [7, 11) is 0. The number of aliphatic hydroxyl groups excluding tert-OH is 1. The molecule has 2 N–H and O–H groups in total. The van der Waals surface area contributed by atoms with Crippen molar-refractivity contribution in [2.75, 3.05) is 0 Å². The van der Waals surface area contributed by atoms with Gasteiger partial charge >= 0.3 is 0 Å². The normalized spacial score (nSPS) is 47.1. The third-order valence-corrected chi connectivity index (χ3v) is 11.0. The lowest BCUT2D eigenvalue weighted by molar-refractivity contribution is -0.0712. The van der Waals surface area contributed by atoms with Gasteiger partial charge in [0.05, 0.1) is 11.7 Å². The van der Waals surface area contributed by atoms with E-state index in [-0.39, 0.29) is 11.5 Å². The fraction of sp³-hybridized carbons (Fsp3) is 0.931. The molecule has 4 aliphatic carbocycles. The van der Waals surface area contributed by atoms with Crippen LogP contribution in [0.1, 0.15) is 113 Å². The Bertz CT molecular complexity index is 700. The molecule has 0 aromatic rings. The fourth-order valence-corrected chi connectivity index (χ4v) is 8.83. The van der Waals surface area contributed by atoms with E-state index in [1.54, 1.807) is 5.57 Å². The van der Waals surface area contributed by atoms with E-state index in [0.717, 1.165) is 49.4 Å². The molecule has 4 rings (SSSR count). The minimum atomic E-state index is -0.493. The number of aliphatic hydroxyl groups is 2. The van der Waals surface area contributed by atoms with Crippen molar-refractivity contribution in [1.82, 2.24) is 0 Å². The van der Waals surface area contributed by atoms with Crippen molar-refractivity contribution in [3.63, 3.8) is 0 Å². The smallest absolute Gasteiger partial charge is 0.0657 e. The van der Waals surface area contributed by atoms with Crippen molar-refractivity contribution in [2.24, 2.45) is 45.8 Å². The van der Waals surface area contributed by atoms with Crippen LogP contribution < -0.4 is 0 Å². The first-order valence-corrected chi connectivity index (χ1v) is 13.4. The summed E-state index contributed by atoms with van der Waals surface area (Å²) in [5.74, 6) is 4.05. The Labute approximate surface area is 192 Å². The summed E-state index contributed by atoms with van der Waals surface area (Å²) in [6.45, 7) is 16.2. The Balaban J connectivity index is 1.48. The van der Waals surface area contributed by atoms with E-state index in [9.17, 15) is 10.2 Å². The molecule has 3 fully saturated rings. The molecule has 31 heavy (non-hydrogen) atoms. The Hall–Kier alpha value is -0.340. The molecule has 0 radical (unpaired) electrons. The van der Waals surface area contributed by atoms with Gasteiger partial charge in [-0.3, -0.25) is 0 Å². The summed E-state index contributed by atoms with van der Waals surface area (Å²) >= 11 is 0. The molecule has 178 valence electrons. The molecule has 0 bridgehead atoms. The highest BCUT2D eigenvalue weighted by molar-refractivity contribution is 5.26. The lowest BCUT2D eigenvalue weighted by Crippen LogP contribution is -2.52. The number of rotatable bonds is 4. The predicted molar refractivity (Wildman–Crippen MR) is 130 cm³/mol. The van der Waals surface area contributed by atoms with E-state index >= 15 is 0 Å². The molecule has 9 atom stereocenters. The molecule has 0 saturated heterocycles. The van der Waals surface area contributed by atoms with Crippen LogP contribution in [0.25, 0.3) is 0 Å². The van der Waals surface area contributed by atoms with Crippen LogP contribution in [0.2, 0.25) is 0 Å². The van der Waals surface area contributed by atoms with E-state index in [2.05, 4.69) is 47.6 Å². The number of hydrogen-bond donors (Lipinski definition) is 2. The standard InChI is InChI=1S/C29H50O2/c1-19(8-13-25(30)26(2,3)4)22-11-12-23-21-10-9-20-18-27(5,31)16-17-28(20,6)24(21)14-15-29(22,23)7/h9,19,21-25,30-31H,8,10-18H2,1-7H3/t19-,21+,22-,23+,24+,25?,27+,28+,29-/m1/s1. The Morgan fingerprint density at radius 1 is 1.00 bits per heavy atom. The summed E-state index contributed by atoms with van der Waals surface area (Å²) < 4.78 is 0. The third kappa shape index (κ3) is 4.07. The highest BCUT2D eigenvalue weighted by Gasteiger charge is 2.59. The summed E-state index contributed by atoms with van der Waals surface area (Å²) in [6, 6.07) is 0. The van der Waals surface area contributed by atoms with Gasteiger partial charge < -0.3 is 10.2 Å². The minimum Gasteiger partial charge on any atom is -0.393 e. The van der Waals surface area contributed by atoms with Gasteiger partial charge in [0.15, 0.2) is 0 Å². The SMILES string of the molecule is C[C@H](CCC(O)C(C)(C)C)[C@H]1CC[C@H]2[C@@H]3CC=C4C[C@@](C)(O)CC[C@]4(C)[C@H]3CC[C@]12C. The van der Waals surface area contributed by atoms with Gasteiger partial charge in [0.1, 0.15) is 0 Å². The molecular formula is C29H50O2. The molecule has 1 unspecified atom stereocenters. The maximum Gasteiger partial charge on any atom is 0.0657 e. The van der Waals surface area contributed by atoms with Crippen LogP contribution in [0.15, 0.2) is 11.6 Å². The van der Waals surface area contributed by atoms with Gasteiger partial charge in [0, 0.05) is 0 Å². The zero-order valence-corrected chi connectivity index (χ0v) is 21.5. The molecule has 0 aromatic carbocycles. The third-order valence-electron chi connectivity index (χ3n) is 11.0. The first kappa shape index (κ1) is 23.8. The maximum absolute atomic E-state index is 10.7. The molecule has 2 nitrogen and oxygen atoms in total. The summed E-state index contributed by atoms with van der Waals surface area (Å²) in [6.07, 6.45) is 14.3. The van der Waals surface area contributed by atoms with Gasteiger partial charge in [0.2, 0.25) is 0 Å². The molecule has 2 heteroatoms. The van der Waals surface area contributed by atoms with Crippen molar-refractivity contribution < 1.29 is 10.2 Å². The van der Waals surface area contributed by atoms with Gasteiger partial charge in [-0.1, -0.05) is 53.2 Å². The van der Waals surface area contributed by atoms with Crippen molar-refractivity contribution >= 4 is 0 Å². The van der Waals surface area contributed by atoms with Crippen LogP contribution in [-0.2, 0) is 0 Å². The fourth-order valence-electron chi connectivity index (χ4n) is 8.83. The quantitative estimate of drug-likeness (QED) is 0.465. The van der Waals surface area contributed by atoms with E-state index in [0.29, 0.717) is 16.7 Å². The molecule has 0 aliphatic heterocycles. The highest BCUT2D eigenvalue weighted by atomic mass is 16.3. The minimum absolute atomic E-state index is 0.00782. The van der Waals surface area contributed by atoms with Crippen LogP contribution in [-0.4, -0.2) is 21.9 Å². The van der Waals surface area contributed by atoms with Gasteiger partial charge in [-0.15, -0.1) is 0 Å². The molecule has 3 saturated carbocycles. The van der Waals surface area contributed by atoms with Crippen LogP contribution in [0.5, 0.6) is 0 Å². The van der Waals surface area contributed by atoms with Crippen molar-refractivity contribution in [2.45, 2.75) is 124 Å². The molecular weight excluding hydrogens is 380 g/mol. The van der Waals surface area contributed by atoms with Gasteiger partial charge in [0.25, 0.3) is 0 Å². The van der Waals surface area contributed by atoms with E-state index in [1.165, 1.54) is 38.5 Å². The molecule has 0 aromatic heterocycles. The average molecular weight is 431 g/mol. The zero-order chi connectivity index (χ0) is 22.8. The van der Waals surface area contributed by atoms with Crippen molar-refractivity contribution in [3.8, 4) is 0 Å². The molecule has 4 aliphatic rings. The summed E-state index contributed by atoms with van der Waals surface area (Å²) in [4.78, 5) is 0. The first-order chi connectivity index (χ1) is 14.3. The van der Waals surface area contributed by atoms with Gasteiger partial charge in [-0.2, -0.15) is 0 Å². The Kier molecular flexibility index (Phi) is 6.04. The van der Waals surface area contributed by atoms with E-state index in [4.69, 9.17) is 0 Å². The second kappa shape index (κ2) is 7.86. The van der Waals surface area contributed by atoms with Crippen LogP contribution in [0.4, 0.5) is 0 Å². The second-order valence-corrected chi connectivity index (χ2v) is 14.1. The van der Waals surface area contributed by atoms with Crippen molar-refractivity contribution in [1.29, 1.82) is 0 Å². The molecule has 0 heterocycles. The first-order valence-electron chi connectivity index (χ1n) is 13.4. The van der Waals surface area contributed by atoms with Crippen LogP contribution >= 0.6 is 0 Å². The number of hydrogen-bond acceptors (Lipinski definition) is 2. The van der Waals surface area contributed by atoms with Crippen LogP contribution in [0.3, 0.4) is 0 Å². The van der Waals surface area contributed by atoms with E-state index < -0.39 is 5.60 Å². The Morgan fingerprint density at radius 2 is 1.71 bits per heavy atom. The monoisotopic (exact) mass is 430 g/mol. The van der Waals surface area contributed by atoms with Gasteiger partial charge in [-0.05, 0) is 117 Å². The lowest BCUT2D eigenvalue weighted by atomic mass is 9.46. The van der Waals surface area contributed by atoms with Crippen molar-refractivity contribution in [3.05, 3.63) is 11.6 Å².